The number of rotatable bonds is 7. The second-order valence-corrected chi connectivity index (χ2v) is 6.87. The summed E-state index contributed by atoms with van der Waals surface area (Å²) in [6, 6.07) is 10.4. The molecule has 0 saturated carbocycles. The minimum absolute atomic E-state index is 0.0358. The van der Waals surface area contributed by atoms with Crippen molar-refractivity contribution in [3.63, 3.8) is 0 Å². The Hall–Kier alpha value is -2.11. The van der Waals surface area contributed by atoms with Crippen molar-refractivity contribution in [2.75, 3.05) is 6.54 Å². The Bertz CT molecular complexity index is 809. The molecule has 0 aliphatic heterocycles. The Labute approximate surface area is 168 Å². The van der Waals surface area contributed by atoms with Crippen molar-refractivity contribution in [3.05, 3.63) is 69.5 Å². The summed E-state index contributed by atoms with van der Waals surface area (Å²) < 4.78 is 14.1. The van der Waals surface area contributed by atoms with Crippen LogP contribution in [0.5, 0.6) is 0 Å². The van der Waals surface area contributed by atoms with Crippen LogP contribution in [0, 0.1) is 5.82 Å². The molecule has 144 valence electrons. The van der Waals surface area contributed by atoms with Crippen LogP contribution in [0.2, 0.25) is 10.0 Å². The number of likely N-dealkylation sites (N-methyl/N-ethyl adjacent to an activating group) is 1. The number of halogens is 3. The fraction of sp³-hybridized carbons (Fsp3) is 0.300. The zero-order valence-electron chi connectivity index (χ0n) is 15.1. The lowest BCUT2D eigenvalue weighted by atomic mass is 10.1. The number of carbonyl (C=O) groups excluding carboxylic acids is 2. The van der Waals surface area contributed by atoms with Gasteiger partial charge in [0.1, 0.15) is 11.9 Å². The zero-order chi connectivity index (χ0) is 20.0. The summed E-state index contributed by atoms with van der Waals surface area (Å²) in [6.45, 7) is 3.79. The van der Waals surface area contributed by atoms with E-state index in [1.165, 1.54) is 11.0 Å². The maximum atomic E-state index is 14.1. The van der Waals surface area contributed by atoms with Crippen LogP contribution in [0.3, 0.4) is 0 Å². The van der Waals surface area contributed by atoms with E-state index in [1.807, 2.05) is 0 Å². The van der Waals surface area contributed by atoms with Crippen LogP contribution in [0.4, 0.5) is 4.39 Å². The number of carbonyl (C=O) groups is 2. The molecule has 2 aromatic rings. The highest BCUT2D eigenvalue weighted by molar-refractivity contribution is 6.36. The molecule has 1 N–H and O–H groups in total. The first-order valence-electron chi connectivity index (χ1n) is 8.58. The lowest BCUT2D eigenvalue weighted by Crippen LogP contribution is -2.48. The molecule has 27 heavy (non-hydrogen) atoms. The topological polar surface area (TPSA) is 49.4 Å². The van der Waals surface area contributed by atoms with Gasteiger partial charge in [-0.2, -0.15) is 0 Å². The third-order valence-corrected chi connectivity index (χ3v) is 4.91. The van der Waals surface area contributed by atoms with Crippen molar-refractivity contribution < 1.29 is 14.0 Å². The fourth-order valence-corrected chi connectivity index (χ4v) is 3.20. The van der Waals surface area contributed by atoms with Gasteiger partial charge in [0.2, 0.25) is 11.8 Å². The van der Waals surface area contributed by atoms with E-state index in [2.05, 4.69) is 5.32 Å². The average molecular weight is 411 g/mol. The second-order valence-electron chi connectivity index (χ2n) is 6.06. The molecule has 1 atom stereocenters. The molecule has 0 bridgehead atoms. The summed E-state index contributed by atoms with van der Waals surface area (Å²) in [5.74, 6) is -1.12. The third kappa shape index (κ3) is 5.44. The van der Waals surface area contributed by atoms with Gasteiger partial charge in [0.15, 0.2) is 0 Å². The Morgan fingerprint density at radius 1 is 1.11 bits per heavy atom. The number of amides is 2. The first-order chi connectivity index (χ1) is 12.8. The molecule has 0 aromatic heterocycles. The van der Waals surface area contributed by atoms with Gasteiger partial charge in [0, 0.05) is 28.7 Å². The fourth-order valence-electron chi connectivity index (χ4n) is 2.67. The number of hydrogen-bond acceptors (Lipinski definition) is 2. The summed E-state index contributed by atoms with van der Waals surface area (Å²) in [4.78, 5) is 26.6. The molecule has 0 aliphatic rings. The molecule has 0 radical (unpaired) electrons. The van der Waals surface area contributed by atoms with Crippen molar-refractivity contribution in [2.24, 2.45) is 0 Å². The van der Waals surface area contributed by atoms with E-state index in [-0.39, 0.29) is 24.8 Å². The predicted octanol–water partition coefficient (Wildman–Crippen LogP) is 4.23. The molecule has 0 fully saturated rings. The Morgan fingerprint density at radius 3 is 2.33 bits per heavy atom. The zero-order valence-corrected chi connectivity index (χ0v) is 16.6. The van der Waals surface area contributed by atoms with Crippen LogP contribution < -0.4 is 5.32 Å². The molecule has 0 heterocycles. The molecule has 0 saturated heterocycles. The van der Waals surface area contributed by atoms with Gasteiger partial charge in [-0.1, -0.05) is 47.5 Å². The first kappa shape index (κ1) is 21.2. The first-order valence-corrected chi connectivity index (χ1v) is 9.34. The van der Waals surface area contributed by atoms with Crippen LogP contribution in [0.15, 0.2) is 42.5 Å². The van der Waals surface area contributed by atoms with Gasteiger partial charge in [-0.25, -0.2) is 4.39 Å². The number of benzene rings is 2. The molecule has 0 unspecified atom stereocenters. The van der Waals surface area contributed by atoms with Gasteiger partial charge in [0.25, 0.3) is 0 Å². The molecule has 0 aliphatic carbocycles. The van der Waals surface area contributed by atoms with Gasteiger partial charge in [0.05, 0.1) is 6.42 Å². The third-order valence-electron chi connectivity index (χ3n) is 4.21. The van der Waals surface area contributed by atoms with Gasteiger partial charge >= 0.3 is 0 Å². The number of nitrogens with zero attached hydrogens (tertiary/aromatic N) is 1. The summed E-state index contributed by atoms with van der Waals surface area (Å²) in [5.41, 5.74) is 0.805. The minimum atomic E-state index is -0.779. The predicted molar refractivity (Wildman–Crippen MR) is 105 cm³/mol. The Morgan fingerprint density at radius 2 is 1.74 bits per heavy atom. The summed E-state index contributed by atoms with van der Waals surface area (Å²) in [6.07, 6.45) is -0.0866. The van der Waals surface area contributed by atoms with Crippen LogP contribution in [0.25, 0.3) is 0 Å². The molecule has 0 spiro atoms. The van der Waals surface area contributed by atoms with E-state index in [0.717, 1.165) is 0 Å². The van der Waals surface area contributed by atoms with E-state index in [1.54, 1.807) is 50.2 Å². The van der Waals surface area contributed by atoms with E-state index in [0.29, 0.717) is 27.7 Å². The van der Waals surface area contributed by atoms with Crippen LogP contribution in [-0.4, -0.2) is 29.3 Å². The highest BCUT2D eigenvalue weighted by atomic mass is 35.5. The van der Waals surface area contributed by atoms with E-state index in [9.17, 15) is 14.0 Å². The maximum absolute atomic E-state index is 14.1. The molecule has 2 rings (SSSR count). The van der Waals surface area contributed by atoms with Crippen molar-refractivity contribution in [3.8, 4) is 0 Å². The monoisotopic (exact) mass is 410 g/mol. The van der Waals surface area contributed by atoms with Crippen molar-refractivity contribution in [1.29, 1.82) is 0 Å². The standard InChI is InChI=1S/C20H21Cl2FN2O2/c1-3-24-20(27)13(2)25(12-14-7-4-5-10-18(14)23)19(26)11-15-16(21)8-6-9-17(15)22/h4-10,13H,3,11-12H2,1-2H3,(H,24,27)/t13-/m1/s1. The number of hydrogen-bond donors (Lipinski definition) is 1. The van der Waals surface area contributed by atoms with Gasteiger partial charge < -0.3 is 10.2 Å². The molecular weight excluding hydrogens is 390 g/mol. The normalized spacial score (nSPS) is 11.7. The molecule has 7 heteroatoms. The lowest BCUT2D eigenvalue weighted by molar-refractivity contribution is -0.140. The van der Waals surface area contributed by atoms with Gasteiger partial charge in [-0.3, -0.25) is 9.59 Å². The lowest BCUT2D eigenvalue weighted by Gasteiger charge is -2.29. The van der Waals surface area contributed by atoms with Crippen LogP contribution in [0.1, 0.15) is 25.0 Å². The largest absolute Gasteiger partial charge is 0.355 e. The molecule has 2 aromatic carbocycles. The minimum Gasteiger partial charge on any atom is -0.355 e. The van der Waals surface area contributed by atoms with E-state index in [4.69, 9.17) is 23.2 Å². The van der Waals surface area contributed by atoms with Crippen molar-refractivity contribution in [2.45, 2.75) is 32.9 Å². The summed E-state index contributed by atoms with van der Waals surface area (Å²) in [5, 5.41) is 3.42. The smallest absolute Gasteiger partial charge is 0.242 e. The van der Waals surface area contributed by atoms with E-state index < -0.39 is 11.9 Å². The highest BCUT2D eigenvalue weighted by Crippen LogP contribution is 2.26. The Kier molecular flexibility index (Phi) is 7.63. The summed E-state index contributed by atoms with van der Waals surface area (Å²) in [7, 11) is 0. The average Bonchev–Trinajstić information content (AvgIpc) is 2.63. The van der Waals surface area contributed by atoms with Gasteiger partial charge in [-0.15, -0.1) is 0 Å². The molecule has 2 amide bonds. The second kappa shape index (κ2) is 9.72. The summed E-state index contributed by atoms with van der Waals surface area (Å²) >= 11 is 12.3. The van der Waals surface area contributed by atoms with E-state index >= 15 is 0 Å². The molecule has 4 nitrogen and oxygen atoms in total. The van der Waals surface area contributed by atoms with Crippen molar-refractivity contribution in [1.82, 2.24) is 10.2 Å². The molecular formula is C20H21Cl2FN2O2. The van der Waals surface area contributed by atoms with Gasteiger partial charge in [-0.05, 0) is 37.6 Å². The SMILES string of the molecule is CCNC(=O)[C@@H](C)N(Cc1ccccc1F)C(=O)Cc1c(Cl)cccc1Cl. The maximum Gasteiger partial charge on any atom is 0.242 e. The van der Waals surface area contributed by atoms with Crippen LogP contribution >= 0.6 is 23.2 Å². The van der Waals surface area contributed by atoms with Crippen LogP contribution in [-0.2, 0) is 22.6 Å². The number of nitrogens with one attached hydrogen (secondary N) is 1. The quantitative estimate of drug-likeness (QED) is 0.742. The Balaban J connectivity index is 2.31. The van der Waals surface area contributed by atoms with Crippen molar-refractivity contribution >= 4 is 35.0 Å². The highest BCUT2D eigenvalue weighted by Gasteiger charge is 2.27.